The van der Waals surface area contributed by atoms with Crippen LogP contribution in [0, 0.1) is 5.41 Å². The van der Waals surface area contributed by atoms with Crippen LogP contribution in [-0.2, 0) is 4.79 Å². The van der Waals surface area contributed by atoms with E-state index in [9.17, 15) is 4.79 Å². The van der Waals surface area contributed by atoms with E-state index in [0.29, 0.717) is 13.0 Å². The van der Waals surface area contributed by atoms with E-state index in [0.717, 1.165) is 11.3 Å². The molecule has 2 unspecified atom stereocenters. The van der Waals surface area contributed by atoms with Crippen LogP contribution in [-0.4, -0.2) is 42.9 Å². The van der Waals surface area contributed by atoms with E-state index in [-0.39, 0.29) is 11.9 Å². The topological polar surface area (TPSA) is 41.6 Å². The van der Waals surface area contributed by atoms with E-state index in [1.54, 1.807) is 14.0 Å². The van der Waals surface area contributed by atoms with Crippen LogP contribution in [0.5, 0.6) is 5.75 Å². The Morgan fingerprint density at radius 3 is 2.59 bits per heavy atom. The van der Waals surface area contributed by atoms with Gasteiger partial charge in [-0.2, -0.15) is 0 Å². The first-order chi connectivity index (χ1) is 10.2. The Balaban J connectivity index is 2.05. The molecule has 2 rings (SSSR count). The molecule has 0 aliphatic heterocycles. The smallest absolute Gasteiger partial charge is 0.229 e. The van der Waals surface area contributed by atoms with Crippen molar-refractivity contribution in [1.82, 2.24) is 10.2 Å². The standard InChI is InChI=1S/C16H22Cl2N2O2/c1-15(10-16(15,17)18)14(21)19-9-13(20(2)3)11-6-5-7-12(8-11)22-4/h5-8,13H,9-10H2,1-4H3,(H,19,21). The molecule has 0 spiro atoms. The lowest BCUT2D eigenvalue weighted by Crippen LogP contribution is -2.39. The first kappa shape index (κ1) is 17.4. The first-order valence-corrected chi connectivity index (χ1v) is 7.93. The number of carbonyl (C=O) groups excluding carboxylic acids is 1. The maximum atomic E-state index is 12.3. The minimum atomic E-state index is -0.944. The van der Waals surface area contributed by atoms with E-state index in [1.165, 1.54) is 0 Å². The van der Waals surface area contributed by atoms with Gasteiger partial charge in [-0.15, -0.1) is 23.2 Å². The van der Waals surface area contributed by atoms with Gasteiger partial charge in [0.1, 0.15) is 10.1 Å². The van der Waals surface area contributed by atoms with Gasteiger partial charge in [-0.05, 0) is 45.1 Å². The fourth-order valence-corrected chi connectivity index (χ4v) is 3.18. The number of alkyl halides is 2. The van der Waals surface area contributed by atoms with Gasteiger partial charge in [0.05, 0.1) is 18.6 Å². The van der Waals surface area contributed by atoms with Crippen molar-refractivity contribution in [2.45, 2.75) is 23.7 Å². The quantitative estimate of drug-likeness (QED) is 0.806. The van der Waals surface area contributed by atoms with Crippen LogP contribution in [0.2, 0.25) is 0 Å². The Labute approximate surface area is 141 Å². The maximum absolute atomic E-state index is 12.3. The molecule has 1 aromatic rings. The largest absolute Gasteiger partial charge is 0.497 e. The predicted octanol–water partition coefficient (Wildman–Crippen LogP) is 3.00. The normalized spacial score (nSPS) is 24.0. The number of methoxy groups -OCH3 is 1. The van der Waals surface area contributed by atoms with E-state index in [1.807, 2.05) is 38.4 Å². The molecule has 1 saturated carbocycles. The van der Waals surface area contributed by atoms with Gasteiger partial charge in [0.2, 0.25) is 5.91 Å². The van der Waals surface area contributed by atoms with Gasteiger partial charge in [0.25, 0.3) is 0 Å². The summed E-state index contributed by atoms with van der Waals surface area (Å²) in [6.45, 7) is 2.27. The Bertz CT molecular complexity index is 563. The SMILES string of the molecule is COc1cccc(C(CNC(=O)C2(C)CC2(Cl)Cl)N(C)C)c1. The second kappa shape index (κ2) is 6.26. The third-order valence-corrected chi connectivity index (χ3v) is 5.42. The van der Waals surface area contributed by atoms with Gasteiger partial charge in [0, 0.05) is 6.54 Å². The molecular formula is C16H22Cl2N2O2. The lowest BCUT2D eigenvalue weighted by molar-refractivity contribution is -0.126. The van der Waals surface area contributed by atoms with Gasteiger partial charge < -0.3 is 15.0 Å². The molecule has 1 aliphatic rings. The minimum absolute atomic E-state index is 0.0430. The summed E-state index contributed by atoms with van der Waals surface area (Å²) in [6, 6.07) is 7.88. The second-order valence-corrected chi connectivity index (χ2v) is 7.66. The summed E-state index contributed by atoms with van der Waals surface area (Å²) in [5.41, 5.74) is 0.384. The van der Waals surface area contributed by atoms with Crippen molar-refractivity contribution in [2.75, 3.05) is 27.7 Å². The van der Waals surface area contributed by atoms with Crippen LogP contribution in [0.3, 0.4) is 0 Å². The number of rotatable bonds is 6. The molecule has 2 atom stereocenters. The molecular weight excluding hydrogens is 323 g/mol. The van der Waals surface area contributed by atoms with Gasteiger partial charge in [-0.3, -0.25) is 4.79 Å². The molecule has 1 aliphatic carbocycles. The lowest BCUT2D eigenvalue weighted by Gasteiger charge is -2.26. The van der Waals surface area contributed by atoms with Crippen LogP contribution < -0.4 is 10.1 Å². The summed E-state index contributed by atoms with van der Waals surface area (Å²) in [7, 11) is 5.59. The zero-order valence-electron chi connectivity index (χ0n) is 13.3. The van der Waals surface area contributed by atoms with E-state index in [2.05, 4.69) is 10.2 Å². The van der Waals surface area contributed by atoms with Crippen molar-refractivity contribution in [3.8, 4) is 5.75 Å². The fourth-order valence-electron chi connectivity index (χ4n) is 2.48. The highest BCUT2D eigenvalue weighted by molar-refractivity contribution is 6.53. The molecule has 1 amide bonds. The van der Waals surface area contributed by atoms with Gasteiger partial charge in [0.15, 0.2) is 0 Å². The summed E-state index contributed by atoms with van der Waals surface area (Å²) < 4.78 is 4.32. The highest BCUT2D eigenvalue weighted by Crippen LogP contribution is 2.63. The number of halogens is 2. The summed E-state index contributed by atoms with van der Waals surface area (Å²) in [5.74, 6) is 0.692. The molecule has 0 heterocycles. The van der Waals surface area contributed by atoms with Gasteiger partial charge >= 0.3 is 0 Å². The monoisotopic (exact) mass is 344 g/mol. The average Bonchev–Trinajstić information content (AvgIpc) is 2.99. The zero-order chi connectivity index (χ0) is 16.5. The van der Waals surface area contributed by atoms with Crippen LogP contribution in [0.1, 0.15) is 24.9 Å². The molecule has 1 fully saturated rings. The summed E-state index contributed by atoms with van der Waals surface area (Å²) in [5, 5.41) is 2.97. The Morgan fingerprint density at radius 2 is 2.09 bits per heavy atom. The number of carbonyl (C=O) groups is 1. The number of hydrogen-bond donors (Lipinski definition) is 1. The van der Waals surface area contributed by atoms with Crippen LogP contribution in [0.25, 0.3) is 0 Å². The highest BCUT2D eigenvalue weighted by Gasteiger charge is 2.67. The molecule has 6 heteroatoms. The molecule has 0 aromatic heterocycles. The third kappa shape index (κ3) is 3.34. The van der Waals surface area contributed by atoms with Gasteiger partial charge in [-0.25, -0.2) is 0 Å². The van der Waals surface area contributed by atoms with Crippen molar-refractivity contribution in [2.24, 2.45) is 5.41 Å². The van der Waals surface area contributed by atoms with Crippen molar-refractivity contribution in [1.29, 1.82) is 0 Å². The van der Waals surface area contributed by atoms with Crippen molar-refractivity contribution in [3.05, 3.63) is 29.8 Å². The highest BCUT2D eigenvalue weighted by atomic mass is 35.5. The summed E-state index contributed by atoms with van der Waals surface area (Å²) in [4.78, 5) is 14.4. The van der Waals surface area contributed by atoms with Crippen molar-refractivity contribution >= 4 is 29.1 Å². The van der Waals surface area contributed by atoms with Crippen LogP contribution >= 0.6 is 23.2 Å². The summed E-state index contributed by atoms with van der Waals surface area (Å²) >= 11 is 12.1. The van der Waals surface area contributed by atoms with Crippen molar-refractivity contribution in [3.63, 3.8) is 0 Å². The third-order valence-electron chi connectivity index (χ3n) is 4.32. The zero-order valence-corrected chi connectivity index (χ0v) is 14.8. The molecule has 4 nitrogen and oxygen atoms in total. The van der Waals surface area contributed by atoms with Gasteiger partial charge in [-0.1, -0.05) is 12.1 Å². The Morgan fingerprint density at radius 1 is 1.45 bits per heavy atom. The van der Waals surface area contributed by atoms with Crippen molar-refractivity contribution < 1.29 is 9.53 Å². The minimum Gasteiger partial charge on any atom is -0.497 e. The van der Waals surface area contributed by atoms with E-state index < -0.39 is 9.75 Å². The number of nitrogens with zero attached hydrogens (tertiary/aromatic N) is 1. The maximum Gasteiger partial charge on any atom is 0.229 e. The number of hydrogen-bond acceptors (Lipinski definition) is 3. The molecule has 0 radical (unpaired) electrons. The van der Waals surface area contributed by atoms with E-state index in [4.69, 9.17) is 27.9 Å². The Kier molecular flexibility index (Phi) is 4.95. The molecule has 122 valence electrons. The molecule has 22 heavy (non-hydrogen) atoms. The second-order valence-electron chi connectivity index (χ2n) is 6.18. The number of likely N-dealkylation sites (N-methyl/N-ethyl adjacent to an activating group) is 1. The summed E-state index contributed by atoms with van der Waals surface area (Å²) in [6.07, 6.45) is 0.487. The van der Waals surface area contributed by atoms with Crippen LogP contribution in [0.15, 0.2) is 24.3 Å². The molecule has 0 saturated heterocycles. The average molecular weight is 345 g/mol. The number of nitrogens with one attached hydrogen (secondary N) is 1. The molecule has 0 bridgehead atoms. The van der Waals surface area contributed by atoms with E-state index >= 15 is 0 Å². The first-order valence-electron chi connectivity index (χ1n) is 7.18. The number of benzene rings is 1. The number of amides is 1. The lowest BCUT2D eigenvalue weighted by atomic mass is 10.0. The Hall–Kier alpha value is -0.970. The molecule has 1 aromatic carbocycles. The van der Waals surface area contributed by atoms with Crippen LogP contribution in [0.4, 0.5) is 0 Å². The molecule has 1 N–H and O–H groups in total. The fraction of sp³-hybridized carbons (Fsp3) is 0.562. The number of ether oxygens (including phenoxy) is 1. The predicted molar refractivity (Wildman–Crippen MR) is 89.6 cm³/mol.